The van der Waals surface area contributed by atoms with Crippen molar-refractivity contribution < 1.29 is 4.39 Å². The molecular formula is C13H19BrFN3. The lowest BCUT2D eigenvalue weighted by molar-refractivity contribution is 0.250. The van der Waals surface area contributed by atoms with E-state index in [1.807, 2.05) is 0 Å². The third-order valence-corrected chi connectivity index (χ3v) is 4.21. The van der Waals surface area contributed by atoms with Gasteiger partial charge in [-0.25, -0.2) is 4.39 Å². The molecule has 0 aliphatic carbocycles. The fourth-order valence-electron chi connectivity index (χ4n) is 2.45. The quantitative estimate of drug-likeness (QED) is 0.852. The molecule has 0 radical (unpaired) electrons. The molecule has 0 spiro atoms. The second-order valence-electron chi connectivity index (χ2n) is 5.01. The van der Waals surface area contributed by atoms with Gasteiger partial charge in [0.15, 0.2) is 0 Å². The molecule has 18 heavy (non-hydrogen) atoms. The van der Waals surface area contributed by atoms with Gasteiger partial charge in [0.1, 0.15) is 5.82 Å². The van der Waals surface area contributed by atoms with Crippen molar-refractivity contribution in [2.45, 2.75) is 18.9 Å². The van der Waals surface area contributed by atoms with Gasteiger partial charge in [0.2, 0.25) is 0 Å². The molecule has 1 aliphatic heterocycles. The molecule has 0 amide bonds. The fraction of sp³-hybridized carbons (Fsp3) is 0.538. The topological polar surface area (TPSA) is 32.5 Å². The van der Waals surface area contributed by atoms with E-state index in [0.717, 1.165) is 31.6 Å². The van der Waals surface area contributed by atoms with Crippen molar-refractivity contribution in [2.75, 3.05) is 37.8 Å². The molecule has 1 aromatic carbocycles. The Bertz CT molecular complexity index is 428. The summed E-state index contributed by atoms with van der Waals surface area (Å²) in [6.45, 7) is 1.93. The van der Waals surface area contributed by atoms with Gasteiger partial charge in [-0.2, -0.15) is 0 Å². The number of hydrogen-bond acceptors (Lipinski definition) is 3. The van der Waals surface area contributed by atoms with Crippen molar-refractivity contribution in [3.8, 4) is 0 Å². The van der Waals surface area contributed by atoms with Crippen molar-refractivity contribution in [1.29, 1.82) is 0 Å². The van der Waals surface area contributed by atoms with Gasteiger partial charge in [-0.15, -0.1) is 0 Å². The summed E-state index contributed by atoms with van der Waals surface area (Å²) >= 11 is 3.22. The minimum Gasteiger partial charge on any atom is -0.397 e. The van der Waals surface area contributed by atoms with E-state index in [9.17, 15) is 4.39 Å². The number of nitrogen functional groups attached to an aromatic ring is 1. The lowest BCUT2D eigenvalue weighted by Gasteiger charge is -2.37. The lowest BCUT2D eigenvalue weighted by atomic mass is 10.0. The minimum absolute atomic E-state index is 0.306. The normalized spacial score (nSPS) is 17.5. The van der Waals surface area contributed by atoms with Crippen LogP contribution >= 0.6 is 15.9 Å². The molecule has 100 valence electrons. The van der Waals surface area contributed by atoms with Gasteiger partial charge >= 0.3 is 0 Å². The van der Waals surface area contributed by atoms with Gasteiger partial charge in [0.05, 0.1) is 15.8 Å². The number of benzene rings is 1. The molecule has 5 heteroatoms. The molecule has 1 heterocycles. The van der Waals surface area contributed by atoms with Crippen LogP contribution in [0.3, 0.4) is 0 Å². The van der Waals surface area contributed by atoms with Crippen LogP contribution in [0.15, 0.2) is 16.6 Å². The summed E-state index contributed by atoms with van der Waals surface area (Å²) < 4.78 is 13.8. The van der Waals surface area contributed by atoms with Gasteiger partial charge < -0.3 is 15.5 Å². The summed E-state index contributed by atoms with van der Waals surface area (Å²) in [6, 6.07) is 3.80. The van der Waals surface area contributed by atoms with Crippen LogP contribution in [-0.4, -0.2) is 38.1 Å². The first-order valence-corrected chi connectivity index (χ1v) is 6.94. The Labute approximate surface area is 116 Å². The zero-order valence-electron chi connectivity index (χ0n) is 10.8. The van der Waals surface area contributed by atoms with Crippen LogP contribution in [0.4, 0.5) is 15.8 Å². The summed E-state index contributed by atoms with van der Waals surface area (Å²) in [4.78, 5) is 4.50. The highest BCUT2D eigenvalue weighted by Crippen LogP contribution is 2.31. The van der Waals surface area contributed by atoms with Crippen LogP contribution in [0, 0.1) is 5.82 Å². The largest absolute Gasteiger partial charge is 0.397 e. The SMILES string of the molecule is CN(C)C1CCN(c2cc(Br)c(F)cc2N)CC1. The molecule has 0 saturated carbocycles. The molecule has 0 bridgehead atoms. The van der Waals surface area contributed by atoms with Crippen molar-refractivity contribution >= 4 is 27.3 Å². The third-order valence-electron chi connectivity index (χ3n) is 3.61. The molecule has 1 aliphatic rings. The van der Waals surface area contributed by atoms with E-state index in [0.29, 0.717) is 16.2 Å². The molecule has 1 saturated heterocycles. The maximum absolute atomic E-state index is 13.3. The lowest BCUT2D eigenvalue weighted by Crippen LogP contribution is -2.42. The highest BCUT2D eigenvalue weighted by Gasteiger charge is 2.22. The Morgan fingerprint density at radius 2 is 1.94 bits per heavy atom. The second-order valence-corrected chi connectivity index (χ2v) is 5.86. The van der Waals surface area contributed by atoms with Crippen molar-refractivity contribution in [1.82, 2.24) is 4.90 Å². The van der Waals surface area contributed by atoms with E-state index in [-0.39, 0.29) is 5.82 Å². The standard InChI is InChI=1S/C13H19BrFN3/c1-17(2)9-3-5-18(6-4-9)13-7-10(14)11(15)8-12(13)16/h7-9H,3-6,16H2,1-2H3. The van der Waals surface area contributed by atoms with Crippen LogP contribution in [0.5, 0.6) is 0 Å². The maximum Gasteiger partial charge on any atom is 0.139 e. The Kier molecular flexibility index (Phi) is 4.12. The summed E-state index contributed by atoms with van der Waals surface area (Å²) in [6.07, 6.45) is 2.23. The van der Waals surface area contributed by atoms with Crippen LogP contribution < -0.4 is 10.6 Å². The monoisotopic (exact) mass is 315 g/mol. The number of anilines is 2. The van der Waals surface area contributed by atoms with Gasteiger partial charge in [0, 0.05) is 25.2 Å². The predicted molar refractivity (Wildman–Crippen MR) is 77.4 cm³/mol. The van der Waals surface area contributed by atoms with E-state index in [2.05, 4.69) is 39.8 Å². The Hall–Kier alpha value is -0.810. The minimum atomic E-state index is -0.306. The summed E-state index contributed by atoms with van der Waals surface area (Å²) in [7, 11) is 4.23. The average Bonchev–Trinajstić information content (AvgIpc) is 2.34. The second kappa shape index (κ2) is 5.45. The number of hydrogen-bond donors (Lipinski definition) is 1. The van der Waals surface area contributed by atoms with Crippen LogP contribution in [0.25, 0.3) is 0 Å². The van der Waals surface area contributed by atoms with Crippen molar-refractivity contribution in [3.63, 3.8) is 0 Å². The third kappa shape index (κ3) is 2.78. The first-order chi connectivity index (χ1) is 8.49. The van der Waals surface area contributed by atoms with Crippen molar-refractivity contribution in [3.05, 3.63) is 22.4 Å². The summed E-state index contributed by atoms with van der Waals surface area (Å²) in [5.74, 6) is -0.306. The number of nitrogens with two attached hydrogens (primary N) is 1. The highest BCUT2D eigenvalue weighted by atomic mass is 79.9. The van der Waals surface area contributed by atoms with Gasteiger partial charge in [-0.05, 0) is 48.9 Å². The van der Waals surface area contributed by atoms with E-state index >= 15 is 0 Å². The smallest absolute Gasteiger partial charge is 0.139 e. The van der Waals surface area contributed by atoms with Crippen LogP contribution in [0.2, 0.25) is 0 Å². The zero-order chi connectivity index (χ0) is 13.3. The number of halogens is 2. The molecule has 3 nitrogen and oxygen atoms in total. The first kappa shape index (κ1) is 13.6. The molecular weight excluding hydrogens is 297 g/mol. The average molecular weight is 316 g/mol. The summed E-state index contributed by atoms with van der Waals surface area (Å²) in [5.41, 5.74) is 7.35. The van der Waals surface area contributed by atoms with Gasteiger partial charge in [-0.3, -0.25) is 0 Å². The van der Waals surface area contributed by atoms with E-state index in [1.54, 1.807) is 6.07 Å². The number of nitrogens with zero attached hydrogens (tertiary/aromatic N) is 2. The molecule has 0 aromatic heterocycles. The van der Waals surface area contributed by atoms with E-state index in [1.165, 1.54) is 6.07 Å². The van der Waals surface area contributed by atoms with Crippen molar-refractivity contribution in [2.24, 2.45) is 0 Å². The fourth-order valence-corrected chi connectivity index (χ4v) is 2.78. The highest BCUT2D eigenvalue weighted by molar-refractivity contribution is 9.10. The molecule has 0 unspecified atom stereocenters. The Morgan fingerprint density at radius 1 is 1.33 bits per heavy atom. The zero-order valence-corrected chi connectivity index (χ0v) is 12.4. The molecule has 1 aromatic rings. The van der Waals surface area contributed by atoms with Gasteiger partial charge in [0.25, 0.3) is 0 Å². The molecule has 2 N–H and O–H groups in total. The van der Waals surface area contributed by atoms with Crippen LogP contribution in [0.1, 0.15) is 12.8 Å². The predicted octanol–water partition coefficient (Wildman–Crippen LogP) is 2.70. The molecule has 2 rings (SSSR count). The van der Waals surface area contributed by atoms with E-state index < -0.39 is 0 Å². The molecule has 1 fully saturated rings. The maximum atomic E-state index is 13.3. The Morgan fingerprint density at radius 3 is 2.50 bits per heavy atom. The van der Waals surface area contributed by atoms with E-state index in [4.69, 9.17) is 5.73 Å². The number of piperidine rings is 1. The first-order valence-electron chi connectivity index (χ1n) is 6.15. The van der Waals surface area contributed by atoms with Crippen LogP contribution in [-0.2, 0) is 0 Å². The van der Waals surface area contributed by atoms with Gasteiger partial charge in [-0.1, -0.05) is 0 Å². The molecule has 0 atom stereocenters. The summed E-state index contributed by atoms with van der Waals surface area (Å²) in [5, 5.41) is 0. The Balaban J connectivity index is 2.12. The number of rotatable bonds is 2.